The van der Waals surface area contributed by atoms with E-state index in [0.717, 1.165) is 6.54 Å². The molecule has 0 aromatic carbocycles. The Morgan fingerprint density at radius 3 is 2.67 bits per heavy atom. The molecule has 0 spiro atoms. The molecule has 15 heavy (non-hydrogen) atoms. The van der Waals surface area contributed by atoms with Crippen molar-refractivity contribution in [3.8, 4) is 0 Å². The summed E-state index contributed by atoms with van der Waals surface area (Å²) < 4.78 is 10.8. The van der Waals surface area contributed by atoms with E-state index in [4.69, 9.17) is 9.47 Å². The normalized spacial score (nSPS) is 22.8. The smallest absolute Gasteiger partial charge is 0.333 e. The van der Waals surface area contributed by atoms with Gasteiger partial charge < -0.3 is 9.47 Å². The number of esters is 1. The van der Waals surface area contributed by atoms with Crippen LogP contribution < -0.4 is 5.32 Å². The summed E-state index contributed by atoms with van der Waals surface area (Å²) in [5.74, 6) is -0.144. The highest BCUT2D eigenvalue weighted by atomic mass is 16.6. The molecule has 1 aliphatic rings. The van der Waals surface area contributed by atoms with Crippen LogP contribution in [-0.2, 0) is 14.3 Å². The first kappa shape index (κ1) is 12.2. The first-order valence-electron chi connectivity index (χ1n) is 5.24. The first-order valence-corrected chi connectivity index (χ1v) is 5.24. The lowest BCUT2D eigenvalue weighted by atomic mass is 10.1. The van der Waals surface area contributed by atoms with Crippen molar-refractivity contribution in [2.45, 2.75) is 33.1 Å². The summed E-state index contributed by atoms with van der Waals surface area (Å²) in [5.41, 5.74) is 0.415. The van der Waals surface area contributed by atoms with Gasteiger partial charge in [0.25, 0.3) is 0 Å². The fourth-order valence-electron chi connectivity index (χ4n) is 1.43. The number of nitrogens with one attached hydrogen (secondary N) is 1. The molecule has 0 aromatic heterocycles. The molecule has 4 nitrogen and oxygen atoms in total. The van der Waals surface area contributed by atoms with Gasteiger partial charge in [-0.3, -0.25) is 5.32 Å². The van der Waals surface area contributed by atoms with Crippen LogP contribution in [0.4, 0.5) is 0 Å². The molecule has 86 valence electrons. The predicted molar refractivity (Wildman–Crippen MR) is 57.3 cm³/mol. The van der Waals surface area contributed by atoms with E-state index in [1.807, 2.05) is 13.8 Å². The summed E-state index contributed by atoms with van der Waals surface area (Å²) in [6.07, 6.45) is -0.440. The van der Waals surface area contributed by atoms with Gasteiger partial charge in [-0.05, 0) is 12.8 Å². The highest BCUT2D eigenvalue weighted by molar-refractivity contribution is 5.87. The Morgan fingerprint density at radius 2 is 2.27 bits per heavy atom. The quantitative estimate of drug-likeness (QED) is 0.560. The maximum atomic E-state index is 11.4. The number of carbonyl (C=O) groups excluding carboxylic acids is 1. The molecule has 1 rings (SSSR count). The number of carbonyl (C=O) groups is 1. The molecular formula is C11H19NO3. The third-order valence-electron chi connectivity index (χ3n) is 2.29. The van der Waals surface area contributed by atoms with E-state index in [0.29, 0.717) is 12.2 Å². The first-order chi connectivity index (χ1) is 7.02. The third-order valence-corrected chi connectivity index (χ3v) is 2.29. The number of ether oxygens (including phenoxy) is 2. The second-order valence-electron chi connectivity index (χ2n) is 4.14. The largest absolute Gasteiger partial charge is 0.455 e. The minimum atomic E-state index is -0.356. The van der Waals surface area contributed by atoms with Gasteiger partial charge in [0, 0.05) is 12.1 Å². The maximum Gasteiger partial charge on any atom is 0.333 e. The highest BCUT2D eigenvalue weighted by Crippen LogP contribution is 2.16. The Bertz CT molecular complexity index is 244. The Labute approximate surface area is 90.6 Å². The fraction of sp³-hybridized carbons (Fsp3) is 0.727. The topological polar surface area (TPSA) is 47.6 Å². The van der Waals surface area contributed by atoms with Crippen molar-refractivity contribution in [1.29, 1.82) is 0 Å². The molecule has 1 aliphatic heterocycles. The van der Waals surface area contributed by atoms with Crippen LogP contribution in [0, 0.1) is 5.92 Å². The van der Waals surface area contributed by atoms with Crippen molar-refractivity contribution in [2.75, 3.05) is 13.2 Å². The van der Waals surface area contributed by atoms with Crippen molar-refractivity contribution in [1.82, 2.24) is 5.32 Å². The molecular weight excluding hydrogens is 194 g/mol. The number of hydrogen-bond acceptors (Lipinski definition) is 4. The molecule has 0 bridgehead atoms. The second-order valence-corrected chi connectivity index (χ2v) is 4.14. The molecule has 2 atom stereocenters. The van der Waals surface area contributed by atoms with Crippen molar-refractivity contribution < 1.29 is 14.3 Å². The zero-order valence-corrected chi connectivity index (χ0v) is 9.58. The minimum Gasteiger partial charge on any atom is -0.455 e. The van der Waals surface area contributed by atoms with Gasteiger partial charge in [-0.2, -0.15) is 0 Å². The lowest BCUT2D eigenvalue weighted by molar-refractivity contribution is -0.155. The van der Waals surface area contributed by atoms with Crippen LogP contribution in [0.2, 0.25) is 0 Å². The molecule has 1 heterocycles. The maximum absolute atomic E-state index is 11.4. The standard InChI is InChI=1S/C11H19NO3/c1-7(2)9(10-12-5-6-14-10)15-11(13)8(3)4/h7,9-10,12H,3,5-6H2,1-2,4H3. The molecule has 0 aliphatic carbocycles. The Morgan fingerprint density at radius 1 is 1.60 bits per heavy atom. The Balaban J connectivity index is 2.57. The number of hydrogen-bond donors (Lipinski definition) is 1. The van der Waals surface area contributed by atoms with Gasteiger partial charge in [0.2, 0.25) is 0 Å². The van der Waals surface area contributed by atoms with Crippen LogP contribution in [0.3, 0.4) is 0 Å². The Hall–Kier alpha value is -0.870. The van der Waals surface area contributed by atoms with E-state index in [9.17, 15) is 4.79 Å². The molecule has 0 amide bonds. The molecule has 0 radical (unpaired) electrons. The van der Waals surface area contributed by atoms with Gasteiger partial charge in [-0.1, -0.05) is 20.4 Å². The summed E-state index contributed by atoms with van der Waals surface area (Å²) in [5, 5.41) is 3.15. The average Bonchev–Trinajstić information content (AvgIpc) is 2.65. The van der Waals surface area contributed by atoms with Crippen molar-refractivity contribution in [3.63, 3.8) is 0 Å². The fourth-order valence-corrected chi connectivity index (χ4v) is 1.43. The zero-order chi connectivity index (χ0) is 11.4. The van der Waals surface area contributed by atoms with E-state index >= 15 is 0 Å². The van der Waals surface area contributed by atoms with Gasteiger partial charge in [-0.15, -0.1) is 0 Å². The lowest BCUT2D eigenvalue weighted by Gasteiger charge is -2.26. The van der Waals surface area contributed by atoms with Crippen LogP contribution in [0.5, 0.6) is 0 Å². The van der Waals surface area contributed by atoms with E-state index in [-0.39, 0.29) is 24.2 Å². The van der Waals surface area contributed by atoms with Crippen molar-refractivity contribution in [3.05, 3.63) is 12.2 Å². The summed E-state index contributed by atoms with van der Waals surface area (Å²) in [6.45, 7) is 10.7. The summed E-state index contributed by atoms with van der Waals surface area (Å²) in [7, 11) is 0. The summed E-state index contributed by atoms with van der Waals surface area (Å²) in [4.78, 5) is 11.4. The highest BCUT2D eigenvalue weighted by Gasteiger charge is 2.31. The lowest BCUT2D eigenvalue weighted by Crippen LogP contribution is -2.42. The van der Waals surface area contributed by atoms with E-state index in [1.165, 1.54) is 0 Å². The van der Waals surface area contributed by atoms with Gasteiger partial charge in [0.15, 0.2) is 0 Å². The zero-order valence-electron chi connectivity index (χ0n) is 9.58. The minimum absolute atomic E-state index is 0.187. The molecule has 1 fully saturated rings. The number of rotatable bonds is 4. The van der Waals surface area contributed by atoms with E-state index in [2.05, 4.69) is 11.9 Å². The molecule has 1 N–H and O–H groups in total. The van der Waals surface area contributed by atoms with Gasteiger partial charge in [0.1, 0.15) is 12.3 Å². The van der Waals surface area contributed by atoms with Crippen molar-refractivity contribution in [2.24, 2.45) is 5.92 Å². The average molecular weight is 213 g/mol. The molecule has 2 unspecified atom stereocenters. The summed E-state index contributed by atoms with van der Waals surface area (Å²) in [6, 6.07) is 0. The molecule has 0 aromatic rings. The van der Waals surface area contributed by atoms with Crippen LogP contribution >= 0.6 is 0 Å². The predicted octanol–water partition coefficient (Wildman–Crippen LogP) is 1.08. The van der Waals surface area contributed by atoms with Crippen LogP contribution in [0.25, 0.3) is 0 Å². The van der Waals surface area contributed by atoms with Gasteiger partial charge >= 0.3 is 5.97 Å². The van der Waals surface area contributed by atoms with Crippen LogP contribution in [0.1, 0.15) is 20.8 Å². The second kappa shape index (κ2) is 5.28. The SMILES string of the molecule is C=C(C)C(=O)OC(C(C)C)C1NCCO1. The monoisotopic (exact) mass is 213 g/mol. The van der Waals surface area contributed by atoms with Crippen LogP contribution in [0.15, 0.2) is 12.2 Å². The van der Waals surface area contributed by atoms with E-state index < -0.39 is 0 Å². The van der Waals surface area contributed by atoms with Gasteiger partial charge in [0.05, 0.1) is 6.61 Å². The van der Waals surface area contributed by atoms with Crippen LogP contribution in [-0.4, -0.2) is 31.5 Å². The molecule has 0 saturated carbocycles. The Kier molecular flexibility index (Phi) is 4.29. The van der Waals surface area contributed by atoms with Crippen molar-refractivity contribution >= 4 is 5.97 Å². The van der Waals surface area contributed by atoms with E-state index in [1.54, 1.807) is 6.92 Å². The molecule has 1 saturated heterocycles. The summed E-state index contributed by atoms with van der Waals surface area (Å²) >= 11 is 0. The molecule has 4 heteroatoms. The third kappa shape index (κ3) is 3.32. The van der Waals surface area contributed by atoms with Gasteiger partial charge in [-0.25, -0.2) is 4.79 Å².